The van der Waals surface area contributed by atoms with Crippen molar-refractivity contribution in [3.8, 4) is 0 Å². The van der Waals surface area contributed by atoms with E-state index in [0.29, 0.717) is 34.6 Å². The molecule has 2 aromatic rings. The van der Waals surface area contributed by atoms with Crippen molar-refractivity contribution in [1.82, 2.24) is 14.2 Å². The number of carbonyl (C=O) groups is 1. The molecular weight excluding hydrogens is 386 g/mol. The molecule has 1 atom stereocenters. The summed E-state index contributed by atoms with van der Waals surface area (Å²) in [5.41, 5.74) is 1.55. The molecule has 1 aromatic heterocycles. The summed E-state index contributed by atoms with van der Waals surface area (Å²) in [7, 11) is -3.55. The van der Waals surface area contributed by atoms with Crippen LogP contribution < -0.4 is 0 Å². The summed E-state index contributed by atoms with van der Waals surface area (Å²) in [5.74, 6) is 0.231. The zero-order chi connectivity index (χ0) is 19.6. The lowest BCUT2D eigenvalue weighted by Gasteiger charge is -2.33. The van der Waals surface area contributed by atoms with Gasteiger partial charge in [0.2, 0.25) is 10.0 Å². The molecule has 0 aliphatic carbocycles. The minimum Gasteiger partial charge on any atom is -0.356 e. The van der Waals surface area contributed by atoms with Crippen molar-refractivity contribution in [2.24, 2.45) is 0 Å². The zero-order valence-electron chi connectivity index (χ0n) is 15.5. The number of rotatable bonds is 5. The monoisotopic (exact) mass is 409 g/mol. The Morgan fingerprint density at radius 1 is 1.19 bits per heavy atom. The highest BCUT2D eigenvalue weighted by atomic mass is 35.5. The number of piperazine rings is 1. The van der Waals surface area contributed by atoms with Crippen molar-refractivity contribution in [1.29, 1.82) is 0 Å². The largest absolute Gasteiger partial charge is 0.356 e. The molecule has 3 rings (SSSR count). The van der Waals surface area contributed by atoms with Crippen molar-refractivity contribution in [3.63, 3.8) is 0 Å². The summed E-state index contributed by atoms with van der Waals surface area (Å²) in [5, 5.41) is 0.473. The first-order valence-electron chi connectivity index (χ1n) is 9.06. The predicted octanol–water partition coefficient (Wildman–Crippen LogP) is 3.33. The minimum absolute atomic E-state index is 0.170. The van der Waals surface area contributed by atoms with Gasteiger partial charge in [-0.3, -0.25) is 4.79 Å². The standard InChI is InChI=1S/C19H24ClN3O3S/c1-3-14(2)15-4-6-17(7-5-15)27(25,26)23-10-8-22(9-11-23)19(24)18-12-16(20)13-21-18/h4-7,12-14,21H,3,8-11H2,1-2H3. The summed E-state index contributed by atoms with van der Waals surface area (Å²) in [4.78, 5) is 17.2. The molecule has 1 aliphatic heterocycles. The summed E-state index contributed by atoms with van der Waals surface area (Å²) in [6.45, 7) is 5.47. The number of hydrogen-bond acceptors (Lipinski definition) is 3. The van der Waals surface area contributed by atoms with Gasteiger partial charge < -0.3 is 9.88 Å². The van der Waals surface area contributed by atoms with Gasteiger partial charge in [-0.25, -0.2) is 8.42 Å². The third kappa shape index (κ3) is 4.20. The lowest BCUT2D eigenvalue weighted by Crippen LogP contribution is -2.50. The summed E-state index contributed by atoms with van der Waals surface area (Å²) >= 11 is 5.84. The molecule has 0 radical (unpaired) electrons. The van der Waals surface area contributed by atoms with Crippen molar-refractivity contribution in [2.45, 2.75) is 31.1 Å². The van der Waals surface area contributed by atoms with Gasteiger partial charge >= 0.3 is 0 Å². The number of benzene rings is 1. The zero-order valence-corrected chi connectivity index (χ0v) is 17.1. The van der Waals surface area contributed by atoms with E-state index in [1.54, 1.807) is 29.3 Å². The fourth-order valence-corrected chi connectivity index (χ4v) is 4.73. The van der Waals surface area contributed by atoms with Crippen LogP contribution in [-0.4, -0.2) is 54.7 Å². The van der Waals surface area contributed by atoms with Gasteiger partial charge in [0.25, 0.3) is 5.91 Å². The molecule has 27 heavy (non-hydrogen) atoms. The number of H-pyrrole nitrogens is 1. The fraction of sp³-hybridized carbons (Fsp3) is 0.421. The van der Waals surface area contributed by atoms with Crippen LogP contribution in [0.3, 0.4) is 0 Å². The second kappa shape index (κ2) is 8.04. The highest BCUT2D eigenvalue weighted by Gasteiger charge is 2.30. The van der Waals surface area contributed by atoms with E-state index in [0.717, 1.165) is 12.0 Å². The Morgan fingerprint density at radius 2 is 1.81 bits per heavy atom. The summed E-state index contributed by atoms with van der Waals surface area (Å²) in [6.07, 6.45) is 2.56. The summed E-state index contributed by atoms with van der Waals surface area (Å²) < 4.78 is 27.2. The second-order valence-electron chi connectivity index (χ2n) is 6.81. The van der Waals surface area contributed by atoms with Gasteiger partial charge in [-0.2, -0.15) is 4.31 Å². The van der Waals surface area contributed by atoms with Gasteiger partial charge in [-0.1, -0.05) is 37.6 Å². The Hall–Kier alpha value is -1.83. The SMILES string of the molecule is CCC(C)c1ccc(S(=O)(=O)N2CCN(C(=O)c3cc(Cl)c[nH]3)CC2)cc1. The number of nitrogens with zero attached hydrogens (tertiary/aromatic N) is 2. The lowest BCUT2D eigenvalue weighted by atomic mass is 9.99. The van der Waals surface area contributed by atoms with E-state index in [1.165, 1.54) is 4.31 Å². The number of carbonyl (C=O) groups excluding carboxylic acids is 1. The lowest BCUT2D eigenvalue weighted by molar-refractivity contribution is 0.0692. The number of hydrogen-bond donors (Lipinski definition) is 1. The van der Waals surface area contributed by atoms with Crippen molar-refractivity contribution in [3.05, 3.63) is 52.8 Å². The quantitative estimate of drug-likeness (QED) is 0.823. The molecule has 0 spiro atoms. The van der Waals surface area contributed by atoms with Gasteiger partial charge in [-0.15, -0.1) is 0 Å². The highest BCUT2D eigenvalue weighted by molar-refractivity contribution is 7.89. The number of nitrogens with one attached hydrogen (secondary N) is 1. The van der Waals surface area contributed by atoms with Crippen LogP contribution >= 0.6 is 11.6 Å². The van der Waals surface area contributed by atoms with Gasteiger partial charge in [0.1, 0.15) is 5.69 Å². The van der Waals surface area contributed by atoms with Crippen molar-refractivity contribution >= 4 is 27.5 Å². The average Bonchev–Trinajstić information content (AvgIpc) is 3.13. The maximum absolute atomic E-state index is 12.9. The number of aromatic nitrogens is 1. The van der Waals surface area contributed by atoms with Crippen LogP contribution in [0.25, 0.3) is 0 Å². The first-order chi connectivity index (χ1) is 12.8. The van der Waals surface area contributed by atoms with Crippen LogP contribution in [0.4, 0.5) is 0 Å². The van der Waals surface area contributed by atoms with E-state index in [1.807, 2.05) is 12.1 Å². The molecule has 0 saturated carbocycles. The van der Waals surface area contributed by atoms with E-state index < -0.39 is 10.0 Å². The first-order valence-corrected chi connectivity index (χ1v) is 10.9. The Labute approximate surface area is 165 Å². The number of halogens is 1. The Kier molecular flexibility index (Phi) is 5.93. The van der Waals surface area contributed by atoms with E-state index in [4.69, 9.17) is 11.6 Å². The van der Waals surface area contributed by atoms with Crippen LogP contribution in [0, 0.1) is 0 Å². The highest BCUT2D eigenvalue weighted by Crippen LogP contribution is 2.23. The number of amides is 1. The molecule has 1 fully saturated rings. The molecule has 1 unspecified atom stereocenters. The second-order valence-corrected chi connectivity index (χ2v) is 9.18. The Bertz CT molecular complexity index is 901. The molecular formula is C19H24ClN3O3S. The first kappa shape index (κ1) is 19.9. The molecule has 8 heteroatoms. The normalized spacial score (nSPS) is 17.1. The van der Waals surface area contributed by atoms with Crippen molar-refractivity contribution in [2.75, 3.05) is 26.2 Å². The minimum atomic E-state index is -3.55. The van der Waals surface area contributed by atoms with E-state index in [9.17, 15) is 13.2 Å². The van der Waals surface area contributed by atoms with E-state index in [-0.39, 0.29) is 19.0 Å². The maximum atomic E-state index is 12.9. The summed E-state index contributed by atoms with van der Waals surface area (Å²) in [6, 6.07) is 8.70. The molecule has 1 amide bonds. The Morgan fingerprint density at radius 3 is 2.33 bits per heavy atom. The maximum Gasteiger partial charge on any atom is 0.270 e. The number of aromatic amines is 1. The number of sulfonamides is 1. The topological polar surface area (TPSA) is 73.5 Å². The molecule has 6 nitrogen and oxygen atoms in total. The van der Waals surface area contributed by atoms with Gasteiger partial charge in [-0.05, 0) is 36.1 Å². The van der Waals surface area contributed by atoms with Gasteiger partial charge in [0.05, 0.1) is 9.92 Å². The van der Waals surface area contributed by atoms with Crippen LogP contribution in [0.2, 0.25) is 5.02 Å². The fourth-order valence-electron chi connectivity index (χ4n) is 3.15. The van der Waals surface area contributed by atoms with E-state index >= 15 is 0 Å². The molecule has 146 valence electrons. The predicted molar refractivity (Wildman–Crippen MR) is 106 cm³/mol. The van der Waals surface area contributed by atoms with Crippen LogP contribution in [-0.2, 0) is 10.0 Å². The molecule has 1 aromatic carbocycles. The van der Waals surface area contributed by atoms with Crippen LogP contribution in [0.1, 0.15) is 42.2 Å². The van der Waals surface area contributed by atoms with Gasteiger partial charge in [0.15, 0.2) is 0 Å². The third-order valence-corrected chi connectivity index (χ3v) is 7.23. The molecule has 0 bridgehead atoms. The van der Waals surface area contributed by atoms with Gasteiger partial charge in [0, 0.05) is 32.4 Å². The third-order valence-electron chi connectivity index (χ3n) is 5.10. The van der Waals surface area contributed by atoms with Crippen LogP contribution in [0.5, 0.6) is 0 Å². The smallest absolute Gasteiger partial charge is 0.270 e. The molecule has 1 saturated heterocycles. The Balaban J connectivity index is 1.66. The molecule has 2 heterocycles. The van der Waals surface area contributed by atoms with Crippen LogP contribution in [0.15, 0.2) is 41.4 Å². The molecule has 1 N–H and O–H groups in total. The van der Waals surface area contributed by atoms with Crippen molar-refractivity contribution < 1.29 is 13.2 Å². The van der Waals surface area contributed by atoms with E-state index in [2.05, 4.69) is 18.8 Å². The molecule has 1 aliphatic rings. The average molecular weight is 410 g/mol.